The topological polar surface area (TPSA) is 165 Å². The number of carbonyl (C=O) groups excluding carboxylic acids is 1. The zero-order chi connectivity index (χ0) is 21.0. The predicted octanol–water partition coefficient (Wildman–Crippen LogP) is 0.395. The number of primary amides is 1. The fraction of sp³-hybridized carbons (Fsp3) is 0.800. The van der Waals surface area contributed by atoms with Gasteiger partial charge in [-0.2, -0.15) is 40.5 Å². The summed E-state index contributed by atoms with van der Waals surface area (Å²) in [5.74, 6) is 0.542. The van der Waals surface area contributed by atoms with Crippen LogP contribution in [0.3, 0.4) is 0 Å². The molecule has 0 aromatic heterocycles. The highest BCUT2D eigenvalue weighted by Gasteiger charge is 2.10. The number of carboxylic acids is 1. The van der Waals surface area contributed by atoms with E-state index in [1.165, 1.54) is 11.8 Å². The van der Waals surface area contributed by atoms with E-state index in [1.807, 2.05) is 18.8 Å². The quantitative estimate of drug-likeness (QED) is 0.290. The summed E-state index contributed by atoms with van der Waals surface area (Å²) >= 11 is 4.74. The molecule has 0 aromatic carbocycles. The number of aliphatic hydroxyl groups excluding tert-OH is 3. The molecule has 0 saturated carbocycles. The highest BCUT2D eigenvalue weighted by molar-refractivity contribution is 7.98. The number of hydrogen-bond donors (Lipinski definition) is 5. The Bertz CT molecular complexity index is 372. The Hall–Kier alpha value is -0.640. The summed E-state index contributed by atoms with van der Waals surface area (Å²) in [7, 11) is 0. The van der Waals surface area contributed by atoms with Crippen LogP contribution in [0.25, 0.3) is 0 Å². The molecule has 0 aliphatic rings. The summed E-state index contributed by atoms with van der Waals surface area (Å²) in [6.07, 6.45) is 4.19. The Balaban J connectivity index is -0.000000306. The lowest BCUT2D eigenvalue weighted by atomic mass is 10.3. The number of rotatable bonds is 11. The van der Waals surface area contributed by atoms with Gasteiger partial charge in [0.05, 0.1) is 6.07 Å². The number of amides is 1. The fourth-order valence-corrected chi connectivity index (χ4v) is 2.40. The minimum atomic E-state index is -1.18. The van der Waals surface area contributed by atoms with Crippen molar-refractivity contribution < 1.29 is 30.0 Å². The first kappa shape index (κ1) is 30.1. The van der Waals surface area contributed by atoms with Crippen molar-refractivity contribution in [1.29, 1.82) is 5.26 Å². The molecule has 26 heavy (non-hydrogen) atoms. The maximum absolute atomic E-state index is 10.2. The van der Waals surface area contributed by atoms with E-state index in [0.717, 1.165) is 11.5 Å². The van der Waals surface area contributed by atoms with Crippen molar-refractivity contribution in [3.63, 3.8) is 0 Å². The number of aliphatic carboxylic acids is 1. The van der Waals surface area contributed by atoms with Crippen LogP contribution < -0.4 is 5.73 Å². The van der Waals surface area contributed by atoms with E-state index >= 15 is 0 Å². The molecule has 0 rings (SSSR count). The fourth-order valence-electron chi connectivity index (χ4n) is 1.02. The molecular formula is C15H30N2O6S3. The van der Waals surface area contributed by atoms with Gasteiger partial charge in [-0.25, -0.2) is 4.79 Å². The summed E-state index contributed by atoms with van der Waals surface area (Å²) in [5.41, 5.74) is 4.78. The lowest BCUT2D eigenvalue weighted by molar-refractivity contribution is -0.146. The average molecular weight is 431 g/mol. The second-order valence-electron chi connectivity index (χ2n) is 4.76. The number of aliphatic hydroxyl groups is 3. The van der Waals surface area contributed by atoms with Crippen LogP contribution in [0.2, 0.25) is 0 Å². The maximum Gasteiger partial charge on any atom is 0.332 e. The largest absolute Gasteiger partial charge is 0.479 e. The standard InChI is InChI=1S/C5H11NO2S.C5H9NOS.C5H10O3S/c1-9-3-2-4(7)5(6)8;1-8-3-2-5(7)4-6;1-9-3-2-4(6)5(7)8/h4,7H,2-3H2,1H3,(H2,6,8);5,7H,2-3H2,1H3;4,6H,2-3H2,1H3,(H,7,8). The van der Waals surface area contributed by atoms with Gasteiger partial charge in [0.2, 0.25) is 5.91 Å². The molecule has 0 fully saturated rings. The minimum absolute atomic E-state index is 0.330. The molecule has 154 valence electrons. The summed E-state index contributed by atoms with van der Waals surface area (Å²) < 4.78 is 0. The monoisotopic (exact) mass is 430 g/mol. The predicted molar refractivity (Wildman–Crippen MR) is 109 cm³/mol. The van der Waals surface area contributed by atoms with E-state index in [9.17, 15) is 9.59 Å². The smallest absolute Gasteiger partial charge is 0.332 e. The van der Waals surface area contributed by atoms with Crippen molar-refractivity contribution in [1.82, 2.24) is 0 Å². The van der Waals surface area contributed by atoms with Gasteiger partial charge in [-0.3, -0.25) is 4.79 Å². The van der Waals surface area contributed by atoms with Crippen LogP contribution in [-0.4, -0.2) is 86.6 Å². The van der Waals surface area contributed by atoms with Gasteiger partial charge >= 0.3 is 5.97 Å². The Morgan fingerprint density at radius 3 is 1.62 bits per heavy atom. The van der Waals surface area contributed by atoms with Gasteiger partial charge in [-0.05, 0) is 55.3 Å². The second-order valence-corrected chi connectivity index (χ2v) is 7.72. The van der Waals surface area contributed by atoms with E-state index in [0.29, 0.717) is 25.0 Å². The van der Waals surface area contributed by atoms with Crippen molar-refractivity contribution in [2.45, 2.75) is 37.6 Å². The first-order valence-corrected chi connectivity index (χ1v) is 11.8. The Morgan fingerprint density at radius 2 is 1.31 bits per heavy atom. The SMILES string of the molecule is CSCCC(O)C#N.CSCCC(O)C(=O)O.CSCCC(O)C(N)=O. The number of nitriles is 1. The van der Waals surface area contributed by atoms with Gasteiger partial charge in [-0.15, -0.1) is 0 Å². The van der Waals surface area contributed by atoms with Gasteiger partial charge in [0.25, 0.3) is 0 Å². The number of nitrogens with two attached hydrogens (primary N) is 1. The molecule has 8 nitrogen and oxygen atoms in total. The molecule has 1 amide bonds. The number of hydrogen-bond acceptors (Lipinski definition) is 9. The summed E-state index contributed by atoms with van der Waals surface area (Å²) in [4.78, 5) is 20.1. The maximum atomic E-state index is 10.2. The van der Waals surface area contributed by atoms with Crippen molar-refractivity contribution in [2.24, 2.45) is 5.73 Å². The Morgan fingerprint density at radius 1 is 0.923 bits per heavy atom. The molecule has 0 heterocycles. The van der Waals surface area contributed by atoms with Crippen molar-refractivity contribution >= 4 is 47.2 Å². The van der Waals surface area contributed by atoms with E-state index in [-0.39, 0.29) is 0 Å². The number of carbonyl (C=O) groups is 2. The Kier molecular flexibility index (Phi) is 25.9. The van der Waals surface area contributed by atoms with E-state index in [2.05, 4.69) is 0 Å². The highest BCUT2D eigenvalue weighted by Crippen LogP contribution is 2.00. The molecule has 0 aliphatic carbocycles. The zero-order valence-electron chi connectivity index (χ0n) is 15.3. The minimum Gasteiger partial charge on any atom is -0.479 e. The van der Waals surface area contributed by atoms with Gasteiger partial charge < -0.3 is 26.2 Å². The molecule has 0 spiro atoms. The molecule has 0 saturated heterocycles. The zero-order valence-corrected chi connectivity index (χ0v) is 17.8. The molecule has 3 atom stereocenters. The van der Waals surface area contributed by atoms with Crippen molar-refractivity contribution in [3.8, 4) is 6.07 Å². The average Bonchev–Trinajstić information content (AvgIpc) is 2.62. The molecule has 0 aromatic rings. The molecular weight excluding hydrogens is 400 g/mol. The lowest BCUT2D eigenvalue weighted by Crippen LogP contribution is -2.28. The van der Waals surface area contributed by atoms with Crippen molar-refractivity contribution in [3.05, 3.63) is 0 Å². The van der Waals surface area contributed by atoms with E-state index in [1.54, 1.807) is 29.6 Å². The van der Waals surface area contributed by atoms with E-state index in [4.69, 9.17) is 31.4 Å². The van der Waals surface area contributed by atoms with Crippen LogP contribution >= 0.6 is 35.3 Å². The Labute approximate surface area is 167 Å². The highest BCUT2D eigenvalue weighted by atomic mass is 32.2. The molecule has 11 heteroatoms. The van der Waals surface area contributed by atoms with Crippen LogP contribution in [0.1, 0.15) is 19.3 Å². The first-order chi connectivity index (χ1) is 12.2. The third kappa shape index (κ3) is 25.6. The molecule has 0 aliphatic heterocycles. The van der Waals surface area contributed by atoms with E-state index < -0.39 is 30.2 Å². The molecule has 6 N–H and O–H groups in total. The van der Waals surface area contributed by atoms with Crippen LogP contribution in [-0.2, 0) is 9.59 Å². The number of thioether (sulfide) groups is 3. The van der Waals surface area contributed by atoms with Crippen LogP contribution in [0, 0.1) is 11.3 Å². The van der Waals surface area contributed by atoms with Gasteiger partial charge in [0.15, 0.2) is 6.10 Å². The molecule has 3 unspecified atom stereocenters. The normalized spacial score (nSPS) is 13.0. The third-order valence-electron chi connectivity index (χ3n) is 2.55. The van der Waals surface area contributed by atoms with Crippen LogP contribution in [0.5, 0.6) is 0 Å². The molecule has 0 radical (unpaired) electrons. The first-order valence-electron chi connectivity index (χ1n) is 7.60. The van der Waals surface area contributed by atoms with Gasteiger partial charge in [0.1, 0.15) is 12.2 Å². The third-order valence-corrected chi connectivity index (χ3v) is 4.48. The van der Waals surface area contributed by atoms with Crippen LogP contribution in [0.4, 0.5) is 0 Å². The summed E-state index contributed by atoms with van der Waals surface area (Å²) in [6.45, 7) is 0. The summed E-state index contributed by atoms with van der Waals surface area (Å²) in [5, 5.41) is 42.2. The van der Waals surface area contributed by atoms with Crippen molar-refractivity contribution in [2.75, 3.05) is 36.0 Å². The number of nitrogens with zero attached hydrogens (tertiary/aromatic N) is 1. The number of carboxylic acid groups (broad SMARTS) is 1. The van der Waals surface area contributed by atoms with Gasteiger partial charge in [-0.1, -0.05) is 0 Å². The van der Waals surface area contributed by atoms with Crippen LogP contribution in [0.15, 0.2) is 0 Å². The molecule has 0 bridgehead atoms. The summed E-state index contributed by atoms with van der Waals surface area (Å²) in [6, 6.07) is 1.74. The lowest BCUT2D eigenvalue weighted by Gasteiger charge is -2.02. The van der Waals surface area contributed by atoms with Gasteiger partial charge in [0, 0.05) is 0 Å². The second kappa shape index (κ2) is 22.4.